The zero-order valence-corrected chi connectivity index (χ0v) is 13.7. The molecule has 8 heteroatoms. The number of benzene rings is 1. The maximum absolute atomic E-state index is 12.1. The van der Waals surface area contributed by atoms with Gasteiger partial charge in [-0.3, -0.25) is 0 Å². The molecule has 2 atom stereocenters. The van der Waals surface area contributed by atoms with Crippen LogP contribution in [-0.2, 0) is 14.3 Å². The van der Waals surface area contributed by atoms with Gasteiger partial charge in [-0.05, 0) is 19.1 Å². The quantitative estimate of drug-likeness (QED) is 0.439. The first kappa shape index (κ1) is 20.3. The van der Waals surface area contributed by atoms with E-state index in [0.29, 0.717) is 0 Å². The molecule has 0 bridgehead atoms. The second-order valence-electron chi connectivity index (χ2n) is 5.33. The molecule has 25 heavy (non-hydrogen) atoms. The predicted octanol–water partition coefficient (Wildman–Crippen LogP) is 0.773. The van der Waals surface area contributed by atoms with E-state index in [-0.39, 0.29) is 23.1 Å². The van der Waals surface area contributed by atoms with Crippen molar-refractivity contribution in [2.75, 3.05) is 13.2 Å². The first-order valence-corrected chi connectivity index (χ1v) is 7.41. The number of carbonyl (C=O) groups excluding carboxylic acids is 2. The van der Waals surface area contributed by atoms with E-state index in [1.807, 2.05) is 0 Å². The maximum atomic E-state index is 12.1. The van der Waals surface area contributed by atoms with E-state index < -0.39 is 43.3 Å². The van der Waals surface area contributed by atoms with Crippen LogP contribution in [0.1, 0.15) is 34.1 Å². The lowest BCUT2D eigenvalue weighted by molar-refractivity contribution is -0.148. The first-order valence-electron chi connectivity index (χ1n) is 7.41. The van der Waals surface area contributed by atoms with Crippen molar-refractivity contribution in [3.63, 3.8) is 0 Å². The second kappa shape index (κ2) is 9.55. The molecule has 0 saturated carbocycles. The Hall–Kier alpha value is -2.71. The van der Waals surface area contributed by atoms with Crippen molar-refractivity contribution in [2.45, 2.75) is 25.6 Å². The van der Waals surface area contributed by atoms with E-state index in [2.05, 4.69) is 6.58 Å². The summed E-state index contributed by atoms with van der Waals surface area (Å²) in [5.74, 6) is -2.93. The first-order chi connectivity index (χ1) is 11.8. The zero-order valence-electron chi connectivity index (χ0n) is 13.7. The standard InChI is InChI=1S/C17H20O8/c1-10(2)16(22)25-12(7-11(19)8-18)9-24-17(23)14-6-4-3-5-13(14)15(20)21/h3-6,11-12,18-19H,1,7-9H2,2H3,(H,20,21). The van der Waals surface area contributed by atoms with Crippen molar-refractivity contribution in [1.82, 2.24) is 0 Å². The van der Waals surface area contributed by atoms with Crippen LogP contribution in [-0.4, -0.2) is 58.6 Å². The summed E-state index contributed by atoms with van der Waals surface area (Å²) in [4.78, 5) is 34.8. The van der Waals surface area contributed by atoms with Gasteiger partial charge in [-0.15, -0.1) is 0 Å². The molecular weight excluding hydrogens is 332 g/mol. The number of rotatable bonds is 9. The third-order valence-electron chi connectivity index (χ3n) is 3.15. The molecule has 0 aliphatic rings. The van der Waals surface area contributed by atoms with Crippen LogP contribution in [0.15, 0.2) is 36.4 Å². The Bertz CT molecular complexity index is 652. The van der Waals surface area contributed by atoms with Crippen molar-refractivity contribution < 1.29 is 39.2 Å². The maximum Gasteiger partial charge on any atom is 0.339 e. The Labute approximate surface area is 144 Å². The van der Waals surface area contributed by atoms with Crippen LogP contribution in [0.25, 0.3) is 0 Å². The van der Waals surface area contributed by atoms with E-state index in [0.717, 1.165) is 0 Å². The molecule has 0 aliphatic carbocycles. The molecule has 0 spiro atoms. The van der Waals surface area contributed by atoms with Crippen LogP contribution in [0.5, 0.6) is 0 Å². The summed E-state index contributed by atoms with van der Waals surface area (Å²) in [6.07, 6.45) is -2.36. The normalized spacial score (nSPS) is 12.8. The molecule has 3 N–H and O–H groups in total. The molecule has 1 aromatic rings. The SMILES string of the molecule is C=C(C)C(=O)OC(COC(=O)c1ccccc1C(=O)O)CC(O)CO. The number of hydrogen-bond acceptors (Lipinski definition) is 7. The number of ether oxygens (including phenoxy) is 2. The molecule has 1 aromatic carbocycles. The molecule has 0 radical (unpaired) electrons. The minimum atomic E-state index is -1.28. The van der Waals surface area contributed by atoms with Crippen LogP contribution >= 0.6 is 0 Å². The Morgan fingerprint density at radius 3 is 2.32 bits per heavy atom. The largest absolute Gasteiger partial charge is 0.478 e. The molecule has 8 nitrogen and oxygen atoms in total. The Morgan fingerprint density at radius 1 is 1.20 bits per heavy atom. The third-order valence-corrected chi connectivity index (χ3v) is 3.15. The number of aliphatic hydroxyl groups excluding tert-OH is 2. The molecule has 0 aliphatic heterocycles. The smallest absolute Gasteiger partial charge is 0.339 e. The van der Waals surface area contributed by atoms with Gasteiger partial charge in [-0.25, -0.2) is 14.4 Å². The predicted molar refractivity (Wildman–Crippen MR) is 86.1 cm³/mol. The van der Waals surface area contributed by atoms with Crippen molar-refractivity contribution in [2.24, 2.45) is 0 Å². The number of carboxylic acids is 1. The van der Waals surface area contributed by atoms with Crippen molar-refractivity contribution in [3.8, 4) is 0 Å². The average molecular weight is 352 g/mol. The van der Waals surface area contributed by atoms with Gasteiger partial charge in [0.2, 0.25) is 0 Å². The summed E-state index contributed by atoms with van der Waals surface area (Å²) in [5, 5.41) is 27.5. The molecule has 0 amide bonds. The van der Waals surface area contributed by atoms with Crippen molar-refractivity contribution in [3.05, 3.63) is 47.5 Å². The van der Waals surface area contributed by atoms with Gasteiger partial charge in [0.15, 0.2) is 0 Å². The number of aliphatic hydroxyl groups is 2. The average Bonchev–Trinajstić information content (AvgIpc) is 2.58. The van der Waals surface area contributed by atoms with Gasteiger partial charge < -0.3 is 24.8 Å². The lowest BCUT2D eigenvalue weighted by Crippen LogP contribution is -2.31. The molecule has 0 heterocycles. The Morgan fingerprint density at radius 2 is 1.80 bits per heavy atom. The number of esters is 2. The van der Waals surface area contributed by atoms with Crippen molar-refractivity contribution >= 4 is 17.9 Å². The number of aromatic carboxylic acids is 1. The van der Waals surface area contributed by atoms with Crippen LogP contribution in [0.3, 0.4) is 0 Å². The zero-order chi connectivity index (χ0) is 19.0. The van der Waals surface area contributed by atoms with Gasteiger partial charge in [0, 0.05) is 12.0 Å². The summed E-state index contributed by atoms with van der Waals surface area (Å²) in [7, 11) is 0. The summed E-state index contributed by atoms with van der Waals surface area (Å²) < 4.78 is 10.1. The van der Waals surface area contributed by atoms with Gasteiger partial charge in [-0.1, -0.05) is 18.7 Å². The second-order valence-corrected chi connectivity index (χ2v) is 5.33. The van der Waals surface area contributed by atoms with Crippen LogP contribution in [0.2, 0.25) is 0 Å². The molecule has 1 rings (SSSR count). The number of hydrogen-bond donors (Lipinski definition) is 3. The lowest BCUT2D eigenvalue weighted by atomic mass is 10.1. The molecule has 136 valence electrons. The van der Waals surface area contributed by atoms with Crippen LogP contribution in [0, 0.1) is 0 Å². The Balaban J connectivity index is 2.81. The highest BCUT2D eigenvalue weighted by molar-refractivity contribution is 6.02. The summed E-state index contributed by atoms with van der Waals surface area (Å²) >= 11 is 0. The van der Waals surface area contributed by atoms with Crippen LogP contribution < -0.4 is 0 Å². The van der Waals surface area contributed by atoms with Gasteiger partial charge in [-0.2, -0.15) is 0 Å². The summed E-state index contributed by atoms with van der Waals surface area (Å²) in [6, 6.07) is 5.50. The lowest BCUT2D eigenvalue weighted by Gasteiger charge is -2.20. The Kier molecular flexibility index (Phi) is 7.77. The third kappa shape index (κ3) is 6.36. The van der Waals surface area contributed by atoms with E-state index in [9.17, 15) is 19.5 Å². The van der Waals surface area contributed by atoms with E-state index in [4.69, 9.17) is 19.7 Å². The molecule has 0 saturated heterocycles. The summed E-state index contributed by atoms with van der Waals surface area (Å²) in [6.45, 7) is 3.88. The van der Waals surface area contributed by atoms with Gasteiger partial charge in [0.25, 0.3) is 0 Å². The van der Waals surface area contributed by atoms with E-state index in [1.165, 1.54) is 31.2 Å². The number of carbonyl (C=O) groups is 3. The highest BCUT2D eigenvalue weighted by atomic mass is 16.6. The summed E-state index contributed by atoms with van der Waals surface area (Å²) in [5.41, 5.74) is -0.257. The fourth-order valence-corrected chi connectivity index (χ4v) is 1.87. The highest BCUT2D eigenvalue weighted by Crippen LogP contribution is 2.13. The van der Waals surface area contributed by atoms with E-state index >= 15 is 0 Å². The van der Waals surface area contributed by atoms with Crippen LogP contribution in [0.4, 0.5) is 0 Å². The monoisotopic (exact) mass is 352 g/mol. The van der Waals surface area contributed by atoms with Crippen molar-refractivity contribution in [1.29, 1.82) is 0 Å². The molecule has 0 fully saturated rings. The van der Waals surface area contributed by atoms with E-state index in [1.54, 1.807) is 0 Å². The van der Waals surface area contributed by atoms with Gasteiger partial charge in [0.05, 0.1) is 23.8 Å². The molecule has 2 unspecified atom stereocenters. The number of carboxylic acid groups (broad SMARTS) is 1. The molecule has 0 aromatic heterocycles. The minimum absolute atomic E-state index is 0.117. The molecular formula is C17H20O8. The minimum Gasteiger partial charge on any atom is -0.478 e. The highest BCUT2D eigenvalue weighted by Gasteiger charge is 2.23. The fraction of sp³-hybridized carbons (Fsp3) is 0.353. The van der Waals surface area contributed by atoms with Gasteiger partial charge in [0.1, 0.15) is 12.7 Å². The topological polar surface area (TPSA) is 130 Å². The van der Waals surface area contributed by atoms with Gasteiger partial charge >= 0.3 is 17.9 Å². The fourth-order valence-electron chi connectivity index (χ4n) is 1.87.